The van der Waals surface area contributed by atoms with Crippen molar-refractivity contribution in [2.45, 2.75) is 82.6 Å². The molecule has 4 aliphatic rings. The molecule has 1 amide bonds. The van der Waals surface area contributed by atoms with Gasteiger partial charge in [0, 0.05) is 12.6 Å². The van der Waals surface area contributed by atoms with Crippen LogP contribution in [0, 0.1) is 5.92 Å². The summed E-state index contributed by atoms with van der Waals surface area (Å²) in [4.78, 5) is 17.7. The van der Waals surface area contributed by atoms with Crippen LogP contribution < -0.4 is 5.32 Å². The zero-order chi connectivity index (χ0) is 14.4. The molecule has 0 aromatic rings. The summed E-state index contributed by atoms with van der Waals surface area (Å²) in [6, 6.07) is 1.13. The maximum atomic E-state index is 12.8. The molecule has 1 saturated carbocycles. The Balaban J connectivity index is 1.56. The highest BCUT2D eigenvalue weighted by molar-refractivity contribution is 5.84. The van der Waals surface area contributed by atoms with Gasteiger partial charge in [-0.05, 0) is 51.5 Å². The first kappa shape index (κ1) is 14.0. The standard InChI is InChI=1S/C17H29N3O/c1-12-17(21)20(16(18-12)13-6-2-3-7-13)15-9-11-19-10-5-4-8-14(15)19/h12-16,18H,2-11H2,1H3. The quantitative estimate of drug-likeness (QED) is 0.844. The zero-order valence-electron chi connectivity index (χ0n) is 13.3. The molecular weight excluding hydrogens is 262 g/mol. The minimum atomic E-state index is 0.0215. The van der Waals surface area contributed by atoms with Crippen LogP contribution in [0.25, 0.3) is 0 Å². The summed E-state index contributed by atoms with van der Waals surface area (Å²) < 4.78 is 0. The van der Waals surface area contributed by atoms with Crippen LogP contribution in [-0.4, -0.2) is 53.1 Å². The summed E-state index contributed by atoms with van der Waals surface area (Å²) in [6.45, 7) is 4.50. The molecular formula is C17H29N3O. The van der Waals surface area contributed by atoms with E-state index in [1.165, 1.54) is 64.5 Å². The number of carbonyl (C=O) groups excluding carboxylic acids is 1. The fourth-order valence-electron chi connectivity index (χ4n) is 5.32. The molecule has 4 rings (SSSR count). The number of carbonyl (C=O) groups is 1. The van der Waals surface area contributed by atoms with Gasteiger partial charge >= 0.3 is 0 Å². The molecule has 3 heterocycles. The largest absolute Gasteiger partial charge is 0.321 e. The van der Waals surface area contributed by atoms with Gasteiger partial charge < -0.3 is 4.90 Å². The third-order valence-electron chi connectivity index (χ3n) is 6.37. The molecule has 0 bridgehead atoms. The highest BCUT2D eigenvalue weighted by atomic mass is 16.2. The predicted molar refractivity (Wildman–Crippen MR) is 82.8 cm³/mol. The van der Waals surface area contributed by atoms with Crippen LogP contribution in [0.2, 0.25) is 0 Å². The summed E-state index contributed by atoms with van der Waals surface area (Å²) >= 11 is 0. The Morgan fingerprint density at radius 3 is 2.52 bits per heavy atom. The monoisotopic (exact) mass is 291 g/mol. The average molecular weight is 291 g/mol. The van der Waals surface area contributed by atoms with Gasteiger partial charge in [-0.2, -0.15) is 0 Å². The second-order valence-corrected chi connectivity index (χ2v) is 7.58. The van der Waals surface area contributed by atoms with Crippen molar-refractivity contribution in [1.82, 2.24) is 15.1 Å². The highest BCUT2D eigenvalue weighted by Crippen LogP contribution is 2.38. The number of nitrogens with zero attached hydrogens (tertiary/aromatic N) is 2. The van der Waals surface area contributed by atoms with E-state index in [2.05, 4.69) is 22.0 Å². The van der Waals surface area contributed by atoms with E-state index >= 15 is 0 Å². The summed E-state index contributed by atoms with van der Waals surface area (Å²) in [7, 11) is 0. The number of hydrogen-bond donors (Lipinski definition) is 1. The minimum Gasteiger partial charge on any atom is -0.321 e. The van der Waals surface area contributed by atoms with E-state index in [9.17, 15) is 4.79 Å². The Bertz CT molecular complexity index is 407. The second kappa shape index (κ2) is 5.54. The predicted octanol–water partition coefficient (Wildman–Crippen LogP) is 1.95. The molecule has 0 aromatic heterocycles. The lowest BCUT2D eigenvalue weighted by Gasteiger charge is -2.40. The fraction of sp³-hybridized carbons (Fsp3) is 0.941. The summed E-state index contributed by atoms with van der Waals surface area (Å²) in [6.07, 6.45) is 10.8. The van der Waals surface area contributed by atoms with E-state index in [1.807, 2.05) is 0 Å². The van der Waals surface area contributed by atoms with E-state index < -0.39 is 0 Å². The number of hydrogen-bond acceptors (Lipinski definition) is 3. The smallest absolute Gasteiger partial charge is 0.241 e. The third kappa shape index (κ3) is 2.31. The van der Waals surface area contributed by atoms with Gasteiger partial charge in [0.1, 0.15) is 0 Å². The van der Waals surface area contributed by atoms with Gasteiger partial charge in [0.15, 0.2) is 0 Å². The van der Waals surface area contributed by atoms with Crippen molar-refractivity contribution in [3.63, 3.8) is 0 Å². The Hall–Kier alpha value is -0.610. The maximum absolute atomic E-state index is 12.8. The Kier molecular flexibility index (Phi) is 3.70. The van der Waals surface area contributed by atoms with Crippen molar-refractivity contribution in [1.29, 1.82) is 0 Å². The van der Waals surface area contributed by atoms with E-state index in [0.717, 1.165) is 0 Å². The first-order valence-corrected chi connectivity index (χ1v) is 9.08. The van der Waals surface area contributed by atoms with Gasteiger partial charge in [0.25, 0.3) is 0 Å². The molecule has 4 unspecified atom stereocenters. The van der Waals surface area contributed by atoms with E-state index in [4.69, 9.17) is 0 Å². The zero-order valence-corrected chi connectivity index (χ0v) is 13.3. The first-order chi connectivity index (χ1) is 10.3. The second-order valence-electron chi connectivity index (χ2n) is 7.58. The summed E-state index contributed by atoms with van der Waals surface area (Å²) in [5.74, 6) is 1.06. The summed E-state index contributed by atoms with van der Waals surface area (Å²) in [5.41, 5.74) is 0. The number of fused-ring (bicyclic) bond motifs is 1. The SMILES string of the molecule is CC1NC(C2CCCC2)N(C2CCN3CCCCC23)C1=O. The molecule has 4 nitrogen and oxygen atoms in total. The van der Waals surface area contributed by atoms with Gasteiger partial charge in [-0.15, -0.1) is 0 Å². The van der Waals surface area contributed by atoms with Crippen LogP contribution in [0.3, 0.4) is 0 Å². The molecule has 1 N–H and O–H groups in total. The van der Waals surface area contributed by atoms with E-state index in [-0.39, 0.29) is 6.04 Å². The molecule has 118 valence electrons. The van der Waals surface area contributed by atoms with Crippen LogP contribution >= 0.6 is 0 Å². The van der Waals surface area contributed by atoms with Crippen LogP contribution in [-0.2, 0) is 4.79 Å². The third-order valence-corrected chi connectivity index (χ3v) is 6.37. The van der Waals surface area contributed by atoms with E-state index in [0.29, 0.717) is 30.1 Å². The molecule has 0 radical (unpaired) electrons. The normalized spacial score (nSPS) is 42.0. The van der Waals surface area contributed by atoms with Crippen LogP contribution in [0.15, 0.2) is 0 Å². The van der Waals surface area contributed by atoms with Crippen LogP contribution in [0.1, 0.15) is 58.3 Å². The van der Waals surface area contributed by atoms with Crippen molar-refractivity contribution in [3.8, 4) is 0 Å². The molecule has 0 spiro atoms. The Morgan fingerprint density at radius 1 is 0.952 bits per heavy atom. The fourth-order valence-corrected chi connectivity index (χ4v) is 5.32. The molecule has 1 aliphatic carbocycles. The lowest BCUT2D eigenvalue weighted by atomic mass is 9.95. The molecule has 3 aliphatic heterocycles. The Labute approximate surface area is 128 Å². The van der Waals surface area contributed by atoms with Crippen molar-refractivity contribution >= 4 is 5.91 Å². The van der Waals surface area contributed by atoms with Crippen LogP contribution in [0.5, 0.6) is 0 Å². The lowest BCUT2D eigenvalue weighted by Crippen LogP contribution is -2.53. The van der Waals surface area contributed by atoms with Crippen molar-refractivity contribution < 1.29 is 4.79 Å². The summed E-state index contributed by atoms with van der Waals surface area (Å²) in [5, 5.41) is 3.63. The van der Waals surface area contributed by atoms with Gasteiger partial charge in [-0.25, -0.2) is 0 Å². The lowest BCUT2D eigenvalue weighted by molar-refractivity contribution is -0.133. The highest BCUT2D eigenvalue weighted by Gasteiger charge is 2.49. The average Bonchev–Trinajstić information content (AvgIpc) is 3.20. The molecule has 21 heavy (non-hydrogen) atoms. The van der Waals surface area contributed by atoms with E-state index in [1.54, 1.807) is 0 Å². The molecule has 4 atom stereocenters. The molecule has 3 saturated heterocycles. The van der Waals surface area contributed by atoms with Gasteiger partial charge in [0.2, 0.25) is 5.91 Å². The van der Waals surface area contributed by atoms with Crippen molar-refractivity contribution in [2.75, 3.05) is 13.1 Å². The maximum Gasteiger partial charge on any atom is 0.241 e. The van der Waals surface area contributed by atoms with Gasteiger partial charge in [0.05, 0.1) is 18.2 Å². The molecule has 0 aromatic carbocycles. The molecule has 4 heteroatoms. The van der Waals surface area contributed by atoms with Gasteiger partial charge in [-0.1, -0.05) is 19.3 Å². The van der Waals surface area contributed by atoms with Crippen molar-refractivity contribution in [3.05, 3.63) is 0 Å². The number of nitrogens with one attached hydrogen (secondary N) is 1. The number of amides is 1. The number of piperidine rings is 1. The van der Waals surface area contributed by atoms with Crippen LogP contribution in [0.4, 0.5) is 0 Å². The molecule has 4 fully saturated rings. The first-order valence-electron chi connectivity index (χ1n) is 9.08. The number of rotatable bonds is 2. The Morgan fingerprint density at radius 2 is 1.71 bits per heavy atom. The topological polar surface area (TPSA) is 35.6 Å². The van der Waals surface area contributed by atoms with Gasteiger partial charge in [-0.3, -0.25) is 15.0 Å². The minimum absolute atomic E-state index is 0.0215. The van der Waals surface area contributed by atoms with Crippen molar-refractivity contribution in [2.24, 2.45) is 5.92 Å².